The zero-order valence-electron chi connectivity index (χ0n) is 11.7. The molecule has 0 bridgehead atoms. The van der Waals surface area contributed by atoms with Crippen LogP contribution in [0.2, 0.25) is 5.02 Å². The van der Waals surface area contributed by atoms with Gasteiger partial charge in [-0.05, 0) is 38.4 Å². The number of hydrogen-bond acceptors (Lipinski definition) is 3. The molecule has 1 aliphatic rings. The van der Waals surface area contributed by atoms with Crippen LogP contribution < -0.4 is 5.73 Å². The van der Waals surface area contributed by atoms with Crippen molar-refractivity contribution in [2.24, 2.45) is 5.73 Å². The summed E-state index contributed by atoms with van der Waals surface area (Å²) in [6, 6.07) is 8.21. The van der Waals surface area contributed by atoms with Gasteiger partial charge >= 0.3 is 0 Å². The first-order valence-corrected chi connectivity index (χ1v) is 7.28. The molecule has 4 heteroatoms. The van der Waals surface area contributed by atoms with Crippen LogP contribution in [0.1, 0.15) is 25.3 Å². The summed E-state index contributed by atoms with van der Waals surface area (Å²) in [5.41, 5.74) is 7.07. The molecule has 1 aliphatic heterocycles. The van der Waals surface area contributed by atoms with E-state index in [0.717, 1.165) is 30.0 Å². The van der Waals surface area contributed by atoms with E-state index < -0.39 is 0 Å². The Morgan fingerprint density at radius 1 is 1.42 bits per heavy atom. The van der Waals surface area contributed by atoms with Crippen molar-refractivity contribution in [2.75, 3.05) is 13.6 Å². The summed E-state index contributed by atoms with van der Waals surface area (Å²) in [7, 11) is 2.09. The summed E-state index contributed by atoms with van der Waals surface area (Å²) >= 11 is 6.21. The van der Waals surface area contributed by atoms with Gasteiger partial charge in [0.05, 0.1) is 12.2 Å². The monoisotopic (exact) mass is 282 g/mol. The zero-order chi connectivity index (χ0) is 13.8. The topological polar surface area (TPSA) is 38.5 Å². The Morgan fingerprint density at radius 3 is 2.74 bits per heavy atom. The number of rotatable bonds is 5. The number of nitrogens with two attached hydrogens (primary N) is 1. The molecule has 3 nitrogen and oxygen atoms in total. The molecule has 0 saturated carbocycles. The van der Waals surface area contributed by atoms with Gasteiger partial charge in [-0.25, -0.2) is 0 Å². The van der Waals surface area contributed by atoms with Crippen LogP contribution in [0.3, 0.4) is 0 Å². The lowest BCUT2D eigenvalue weighted by molar-refractivity contribution is 0.000847. The summed E-state index contributed by atoms with van der Waals surface area (Å²) in [6.07, 6.45) is 2.82. The average Bonchev–Trinajstić information content (AvgIpc) is 2.80. The Hall–Kier alpha value is -0.610. The third-order valence-corrected chi connectivity index (χ3v) is 4.25. The predicted molar refractivity (Wildman–Crippen MR) is 79.3 cm³/mol. The van der Waals surface area contributed by atoms with E-state index in [2.05, 4.69) is 24.9 Å². The largest absolute Gasteiger partial charge is 0.374 e. The van der Waals surface area contributed by atoms with Crippen LogP contribution in [0.5, 0.6) is 0 Å². The first kappa shape index (κ1) is 14.8. The van der Waals surface area contributed by atoms with Gasteiger partial charge in [0, 0.05) is 24.2 Å². The molecule has 0 aromatic heterocycles. The fourth-order valence-corrected chi connectivity index (χ4v) is 2.94. The van der Waals surface area contributed by atoms with Crippen molar-refractivity contribution >= 4 is 11.6 Å². The van der Waals surface area contributed by atoms with E-state index in [-0.39, 0.29) is 12.1 Å². The molecule has 2 N–H and O–H groups in total. The lowest BCUT2D eigenvalue weighted by atomic mass is 10.1. The van der Waals surface area contributed by atoms with Gasteiger partial charge in [-0.15, -0.1) is 0 Å². The lowest BCUT2D eigenvalue weighted by Gasteiger charge is -2.31. The second kappa shape index (κ2) is 6.71. The molecule has 1 saturated heterocycles. The first-order valence-electron chi connectivity index (χ1n) is 6.91. The molecular formula is C15H23ClN2O. The number of nitrogens with zero attached hydrogens (tertiary/aromatic N) is 1. The van der Waals surface area contributed by atoms with Crippen molar-refractivity contribution in [1.82, 2.24) is 4.90 Å². The molecule has 0 spiro atoms. The van der Waals surface area contributed by atoms with E-state index in [1.807, 2.05) is 18.2 Å². The molecule has 106 valence electrons. The first-order chi connectivity index (χ1) is 9.11. The maximum Gasteiger partial charge on any atom is 0.0747 e. The molecule has 0 radical (unpaired) electrons. The summed E-state index contributed by atoms with van der Waals surface area (Å²) in [5.74, 6) is 0. The third-order valence-electron chi connectivity index (χ3n) is 3.88. The highest BCUT2D eigenvalue weighted by Gasteiger charge is 2.31. The number of hydrogen-bond donors (Lipinski definition) is 1. The van der Waals surface area contributed by atoms with Crippen molar-refractivity contribution in [3.8, 4) is 0 Å². The highest BCUT2D eigenvalue weighted by molar-refractivity contribution is 6.31. The molecule has 3 atom stereocenters. The predicted octanol–water partition coefficient (Wildman–Crippen LogP) is 2.67. The third kappa shape index (κ3) is 3.69. The Balaban J connectivity index is 2.01. The summed E-state index contributed by atoms with van der Waals surface area (Å²) in [6.45, 7) is 3.54. The summed E-state index contributed by atoms with van der Waals surface area (Å²) < 4.78 is 5.95. The van der Waals surface area contributed by atoms with Crippen LogP contribution >= 0.6 is 11.6 Å². The van der Waals surface area contributed by atoms with Gasteiger partial charge in [0.15, 0.2) is 0 Å². The van der Waals surface area contributed by atoms with Crippen molar-refractivity contribution < 1.29 is 4.74 Å². The molecule has 0 amide bonds. The molecule has 1 aromatic carbocycles. The Morgan fingerprint density at radius 2 is 2.16 bits per heavy atom. The van der Waals surface area contributed by atoms with E-state index in [9.17, 15) is 0 Å². The van der Waals surface area contributed by atoms with E-state index in [4.69, 9.17) is 22.1 Å². The Kier molecular flexibility index (Phi) is 5.22. The van der Waals surface area contributed by atoms with Gasteiger partial charge in [0.1, 0.15) is 0 Å². The van der Waals surface area contributed by atoms with Crippen LogP contribution in [0, 0.1) is 0 Å². The van der Waals surface area contributed by atoms with Crippen LogP contribution in [-0.2, 0) is 11.3 Å². The second-order valence-electron chi connectivity index (χ2n) is 5.37. The standard InChI is InChI=1S/C15H23ClN2O/c1-11-7-8-15(19-11)14(9-17)18(2)10-12-5-3-4-6-13(12)16/h3-6,11,14-15H,7-10,17H2,1-2H3. The Labute approximate surface area is 120 Å². The van der Waals surface area contributed by atoms with Crippen molar-refractivity contribution in [2.45, 2.75) is 44.6 Å². The van der Waals surface area contributed by atoms with E-state index in [1.165, 1.54) is 0 Å². The summed E-state index contributed by atoms with van der Waals surface area (Å²) in [5, 5.41) is 0.811. The number of ether oxygens (including phenoxy) is 1. The maximum absolute atomic E-state index is 6.21. The highest BCUT2D eigenvalue weighted by Crippen LogP contribution is 2.25. The van der Waals surface area contributed by atoms with Gasteiger partial charge in [-0.1, -0.05) is 29.8 Å². The van der Waals surface area contributed by atoms with Crippen LogP contribution in [0.15, 0.2) is 24.3 Å². The smallest absolute Gasteiger partial charge is 0.0747 e. The number of likely N-dealkylation sites (N-methyl/N-ethyl adjacent to an activating group) is 1. The van der Waals surface area contributed by atoms with E-state index in [0.29, 0.717) is 12.6 Å². The van der Waals surface area contributed by atoms with Crippen LogP contribution in [0.4, 0.5) is 0 Å². The van der Waals surface area contributed by atoms with Gasteiger partial charge in [-0.3, -0.25) is 4.90 Å². The maximum atomic E-state index is 6.21. The average molecular weight is 283 g/mol. The Bertz CT molecular complexity index is 413. The fraction of sp³-hybridized carbons (Fsp3) is 0.600. The van der Waals surface area contributed by atoms with E-state index >= 15 is 0 Å². The molecule has 1 heterocycles. The second-order valence-corrected chi connectivity index (χ2v) is 5.78. The van der Waals surface area contributed by atoms with Crippen LogP contribution in [-0.4, -0.2) is 36.7 Å². The minimum atomic E-state index is 0.243. The van der Waals surface area contributed by atoms with Gasteiger partial charge < -0.3 is 10.5 Å². The van der Waals surface area contributed by atoms with Gasteiger partial charge in [0.25, 0.3) is 0 Å². The molecule has 19 heavy (non-hydrogen) atoms. The van der Waals surface area contributed by atoms with Crippen molar-refractivity contribution in [3.63, 3.8) is 0 Å². The molecule has 1 aromatic rings. The molecule has 1 fully saturated rings. The SMILES string of the molecule is CC1CCC(C(CN)N(C)Cc2ccccc2Cl)O1. The normalized spacial score (nSPS) is 24.9. The van der Waals surface area contributed by atoms with Crippen molar-refractivity contribution in [3.05, 3.63) is 34.9 Å². The van der Waals surface area contributed by atoms with Crippen molar-refractivity contribution in [1.29, 1.82) is 0 Å². The molecule has 2 rings (SSSR count). The fourth-order valence-electron chi connectivity index (χ4n) is 2.74. The highest BCUT2D eigenvalue weighted by atomic mass is 35.5. The summed E-state index contributed by atoms with van der Waals surface area (Å²) in [4.78, 5) is 2.25. The molecular weight excluding hydrogens is 260 g/mol. The zero-order valence-corrected chi connectivity index (χ0v) is 12.4. The lowest BCUT2D eigenvalue weighted by Crippen LogP contribution is -2.46. The molecule has 3 unspecified atom stereocenters. The number of halogens is 1. The quantitative estimate of drug-likeness (QED) is 0.902. The van der Waals surface area contributed by atoms with Crippen LogP contribution in [0.25, 0.3) is 0 Å². The van der Waals surface area contributed by atoms with Gasteiger partial charge in [-0.2, -0.15) is 0 Å². The minimum absolute atomic E-state index is 0.243. The minimum Gasteiger partial charge on any atom is -0.374 e. The molecule has 0 aliphatic carbocycles. The van der Waals surface area contributed by atoms with E-state index in [1.54, 1.807) is 0 Å². The number of benzene rings is 1. The van der Waals surface area contributed by atoms with Gasteiger partial charge in [0.2, 0.25) is 0 Å².